The Kier molecular flexibility index (Phi) is 11.4. The van der Waals surface area contributed by atoms with E-state index in [0.717, 1.165) is 42.6 Å². The molecule has 214 valence electrons. The van der Waals surface area contributed by atoms with Gasteiger partial charge in [-0.3, -0.25) is 13.9 Å². The molecule has 3 aromatic carbocycles. The van der Waals surface area contributed by atoms with Gasteiger partial charge < -0.3 is 10.2 Å². The molecule has 0 spiro atoms. The van der Waals surface area contributed by atoms with E-state index in [1.165, 1.54) is 4.90 Å². The zero-order chi connectivity index (χ0) is 29.4. The number of hydrogen-bond acceptors (Lipinski definition) is 4. The molecular weight excluding hydrogens is 658 g/mol. The number of anilines is 1. The molecule has 2 atom stereocenters. The number of halogens is 2. The third kappa shape index (κ3) is 8.91. The minimum absolute atomic E-state index is 0.0909. The van der Waals surface area contributed by atoms with Crippen molar-refractivity contribution < 1.29 is 18.0 Å². The van der Waals surface area contributed by atoms with Gasteiger partial charge in [0.1, 0.15) is 12.6 Å². The van der Waals surface area contributed by atoms with E-state index in [9.17, 15) is 18.0 Å². The maximum atomic E-state index is 14.1. The number of amides is 2. The lowest BCUT2D eigenvalue weighted by molar-refractivity contribution is -0.140. The van der Waals surface area contributed by atoms with E-state index in [0.29, 0.717) is 5.69 Å². The second-order valence-electron chi connectivity index (χ2n) is 9.88. The highest BCUT2D eigenvalue weighted by Gasteiger charge is 2.33. The maximum absolute atomic E-state index is 14.1. The Morgan fingerprint density at radius 2 is 1.62 bits per heavy atom. The molecule has 1 N–H and O–H groups in total. The van der Waals surface area contributed by atoms with Gasteiger partial charge in [-0.2, -0.15) is 0 Å². The molecule has 0 aromatic heterocycles. The Morgan fingerprint density at radius 3 is 2.23 bits per heavy atom. The average molecular weight is 694 g/mol. The summed E-state index contributed by atoms with van der Waals surface area (Å²) in [5.74, 6) is -0.766. The van der Waals surface area contributed by atoms with Gasteiger partial charge in [0.2, 0.25) is 21.8 Å². The van der Waals surface area contributed by atoms with Crippen LogP contribution in [0.25, 0.3) is 0 Å². The summed E-state index contributed by atoms with van der Waals surface area (Å²) >= 11 is 6.93. The summed E-state index contributed by atoms with van der Waals surface area (Å²) in [6, 6.07) is 21.2. The van der Waals surface area contributed by atoms with E-state index < -0.39 is 28.5 Å². The van der Waals surface area contributed by atoms with E-state index >= 15 is 0 Å². The number of aryl methyl sites for hydroxylation is 1. The zero-order valence-corrected chi connectivity index (χ0v) is 27.1. The number of benzene rings is 3. The van der Waals surface area contributed by atoms with E-state index in [1.807, 2.05) is 75.4 Å². The first kappa shape index (κ1) is 31.8. The molecule has 2 amide bonds. The Bertz CT molecular complexity index is 1430. The van der Waals surface area contributed by atoms with E-state index in [1.54, 1.807) is 18.2 Å². The molecule has 40 heavy (non-hydrogen) atoms. The topological polar surface area (TPSA) is 86.8 Å². The fraction of sp³-hybridized carbons (Fsp3) is 0.333. The number of carbonyl (C=O) groups excluding carboxylic acids is 2. The van der Waals surface area contributed by atoms with Crippen LogP contribution in [0.1, 0.15) is 37.0 Å². The van der Waals surface area contributed by atoms with Crippen molar-refractivity contribution in [3.05, 3.63) is 98.4 Å². The minimum atomic E-state index is -3.82. The summed E-state index contributed by atoms with van der Waals surface area (Å²) in [5.41, 5.74) is 2.91. The second kappa shape index (κ2) is 14.3. The van der Waals surface area contributed by atoms with Gasteiger partial charge in [0.25, 0.3) is 0 Å². The van der Waals surface area contributed by atoms with Crippen LogP contribution in [-0.2, 0) is 32.6 Å². The first-order chi connectivity index (χ1) is 18.9. The quantitative estimate of drug-likeness (QED) is 0.259. The van der Waals surface area contributed by atoms with Crippen molar-refractivity contribution in [2.24, 2.45) is 0 Å². The third-order valence-corrected chi connectivity index (χ3v) is 9.15. The summed E-state index contributed by atoms with van der Waals surface area (Å²) in [4.78, 5) is 29.3. The van der Waals surface area contributed by atoms with E-state index in [2.05, 4.69) is 37.2 Å². The lowest BCUT2D eigenvalue weighted by Gasteiger charge is -2.34. The lowest BCUT2D eigenvalue weighted by Crippen LogP contribution is -2.54. The van der Waals surface area contributed by atoms with Crippen molar-refractivity contribution in [1.82, 2.24) is 10.2 Å². The molecule has 2 unspecified atom stereocenters. The van der Waals surface area contributed by atoms with Crippen molar-refractivity contribution >= 4 is 59.4 Å². The predicted octanol–water partition coefficient (Wildman–Crippen LogP) is 5.84. The predicted molar refractivity (Wildman–Crippen MR) is 168 cm³/mol. The third-order valence-electron chi connectivity index (χ3n) is 6.62. The molecular formula is C30H35Br2N3O4S. The van der Waals surface area contributed by atoms with Gasteiger partial charge >= 0.3 is 0 Å². The van der Waals surface area contributed by atoms with Gasteiger partial charge in [-0.1, -0.05) is 81.2 Å². The first-order valence-electron chi connectivity index (χ1n) is 13.0. The van der Waals surface area contributed by atoms with Crippen molar-refractivity contribution in [2.75, 3.05) is 17.1 Å². The molecule has 3 rings (SSSR count). The largest absolute Gasteiger partial charge is 0.352 e. The highest BCUT2D eigenvalue weighted by Crippen LogP contribution is 2.26. The van der Waals surface area contributed by atoms with E-state index in [-0.39, 0.29) is 24.9 Å². The Hall–Kier alpha value is -2.69. The average Bonchev–Trinajstić information content (AvgIpc) is 2.90. The van der Waals surface area contributed by atoms with E-state index in [4.69, 9.17) is 0 Å². The van der Waals surface area contributed by atoms with Crippen LogP contribution in [0.2, 0.25) is 0 Å². The standard InChI is InChI=1S/C30H35Br2N3O4S/c1-5-22(3)33-30(37)28(18-23-10-7-6-8-11-23)34(19-24-12-9-13-25(31)17-24)29(36)20-35(40(4,38)39)26-14-15-27(32)21(2)16-26/h6-17,22,28H,5,18-20H2,1-4H3,(H,33,37). The molecule has 7 nitrogen and oxygen atoms in total. The maximum Gasteiger partial charge on any atom is 0.244 e. The molecule has 0 aliphatic carbocycles. The summed E-state index contributed by atoms with van der Waals surface area (Å²) in [5, 5.41) is 3.03. The molecule has 0 heterocycles. The molecule has 0 radical (unpaired) electrons. The van der Waals surface area contributed by atoms with Crippen LogP contribution in [-0.4, -0.2) is 50.0 Å². The number of nitrogens with one attached hydrogen (secondary N) is 1. The molecule has 0 saturated heterocycles. The van der Waals surface area contributed by atoms with Gasteiger partial charge in [-0.05, 0) is 67.3 Å². The lowest BCUT2D eigenvalue weighted by atomic mass is 10.0. The van der Waals surface area contributed by atoms with Gasteiger partial charge in [0.15, 0.2) is 0 Å². The van der Waals surface area contributed by atoms with Crippen molar-refractivity contribution in [1.29, 1.82) is 0 Å². The number of carbonyl (C=O) groups is 2. The van der Waals surface area contributed by atoms with Crippen LogP contribution in [0.15, 0.2) is 81.7 Å². The first-order valence-corrected chi connectivity index (χ1v) is 16.4. The van der Waals surface area contributed by atoms with Gasteiger partial charge in [-0.15, -0.1) is 0 Å². The van der Waals surface area contributed by atoms with Crippen LogP contribution < -0.4 is 9.62 Å². The minimum Gasteiger partial charge on any atom is -0.352 e. The number of sulfonamides is 1. The summed E-state index contributed by atoms with van der Waals surface area (Å²) in [6.45, 7) is 5.42. The Labute approximate surface area is 254 Å². The molecule has 0 aliphatic rings. The normalized spacial score (nSPS) is 12.8. The van der Waals surface area contributed by atoms with Crippen molar-refractivity contribution in [2.45, 2.75) is 52.2 Å². The molecule has 0 bridgehead atoms. The van der Waals surface area contributed by atoms with Gasteiger partial charge in [0.05, 0.1) is 11.9 Å². The van der Waals surface area contributed by atoms with Crippen LogP contribution >= 0.6 is 31.9 Å². The molecule has 3 aromatic rings. The van der Waals surface area contributed by atoms with Crippen molar-refractivity contribution in [3.63, 3.8) is 0 Å². The fourth-order valence-electron chi connectivity index (χ4n) is 4.22. The van der Waals surface area contributed by atoms with Crippen LogP contribution in [0, 0.1) is 6.92 Å². The van der Waals surface area contributed by atoms with Crippen LogP contribution in [0.3, 0.4) is 0 Å². The molecule has 10 heteroatoms. The second-order valence-corrected chi connectivity index (χ2v) is 13.6. The van der Waals surface area contributed by atoms with Crippen LogP contribution in [0.4, 0.5) is 5.69 Å². The number of rotatable bonds is 12. The molecule has 0 fully saturated rings. The monoisotopic (exact) mass is 691 g/mol. The Balaban J connectivity index is 2.07. The van der Waals surface area contributed by atoms with Gasteiger partial charge in [-0.25, -0.2) is 8.42 Å². The van der Waals surface area contributed by atoms with Gasteiger partial charge in [0, 0.05) is 28.0 Å². The zero-order valence-electron chi connectivity index (χ0n) is 23.1. The highest BCUT2D eigenvalue weighted by atomic mass is 79.9. The summed E-state index contributed by atoms with van der Waals surface area (Å²) in [7, 11) is -3.82. The van der Waals surface area contributed by atoms with Crippen LogP contribution in [0.5, 0.6) is 0 Å². The Morgan fingerprint density at radius 1 is 0.950 bits per heavy atom. The highest BCUT2D eigenvalue weighted by molar-refractivity contribution is 9.10. The summed E-state index contributed by atoms with van der Waals surface area (Å²) < 4.78 is 28.6. The SMILES string of the molecule is CCC(C)NC(=O)C(Cc1ccccc1)N(Cc1cccc(Br)c1)C(=O)CN(c1ccc(Br)c(C)c1)S(C)(=O)=O. The number of hydrogen-bond donors (Lipinski definition) is 1. The fourth-order valence-corrected chi connectivity index (χ4v) is 5.76. The molecule has 0 aliphatic heterocycles. The number of nitrogens with zero attached hydrogens (tertiary/aromatic N) is 2. The van der Waals surface area contributed by atoms with Crippen molar-refractivity contribution in [3.8, 4) is 0 Å². The smallest absolute Gasteiger partial charge is 0.244 e. The molecule has 0 saturated carbocycles. The summed E-state index contributed by atoms with van der Waals surface area (Å²) in [6.07, 6.45) is 2.08.